The molecule has 132 valence electrons. The predicted molar refractivity (Wildman–Crippen MR) is 84.7 cm³/mol. The molecule has 2 N–H and O–H groups in total. The number of anilines is 1. The molecule has 1 aromatic rings. The van der Waals surface area contributed by atoms with Crippen LogP contribution >= 0.6 is 11.6 Å². The third kappa shape index (κ3) is 4.01. The first kappa shape index (κ1) is 18.6. The second-order valence-electron chi connectivity index (χ2n) is 5.84. The average Bonchev–Trinajstić information content (AvgIpc) is 3.30. The molecule has 8 heteroatoms. The zero-order valence-electron chi connectivity index (χ0n) is 13.1. The molecule has 1 saturated carbocycles. The maximum atomic E-state index is 12.8. The first-order valence-electron chi connectivity index (χ1n) is 7.67. The molecule has 1 aromatic carbocycles. The Kier molecular flexibility index (Phi) is 5.42. The highest BCUT2D eigenvalue weighted by Crippen LogP contribution is 2.47. The highest BCUT2D eigenvalue weighted by Gasteiger charge is 2.56. The van der Waals surface area contributed by atoms with E-state index < -0.39 is 29.0 Å². The molecular weight excluding hydrogens is 345 g/mol. The van der Waals surface area contributed by atoms with Crippen molar-refractivity contribution >= 4 is 29.1 Å². The van der Waals surface area contributed by atoms with Crippen molar-refractivity contribution < 1.29 is 22.8 Å². The van der Waals surface area contributed by atoms with E-state index in [4.69, 9.17) is 11.6 Å². The summed E-state index contributed by atoms with van der Waals surface area (Å²) in [6, 6.07) is 2.68. The molecule has 0 radical (unpaired) electrons. The van der Waals surface area contributed by atoms with Gasteiger partial charge in [0, 0.05) is 6.54 Å². The quantitative estimate of drug-likeness (QED) is 0.593. The SMILES string of the molecule is CCCCNC(=O)C1(C(=O)Nc2cc(C(F)(F)F)ccc2Cl)CC1. The van der Waals surface area contributed by atoms with E-state index in [0.29, 0.717) is 19.4 Å². The lowest BCUT2D eigenvalue weighted by Gasteiger charge is -2.17. The van der Waals surface area contributed by atoms with Crippen LogP contribution in [-0.2, 0) is 15.8 Å². The van der Waals surface area contributed by atoms with Gasteiger partial charge in [0.05, 0.1) is 16.3 Å². The summed E-state index contributed by atoms with van der Waals surface area (Å²) >= 11 is 5.86. The minimum atomic E-state index is -4.54. The summed E-state index contributed by atoms with van der Waals surface area (Å²) in [4.78, 5) is 24.5. The van der Waals surface area contributed by atoms with Crippen LogP contribution < -0.4 is 10.6 Å². The number of hydrogen-bond acceptors (Lipinski definition) is 2. The van der Waals surface area contributed by atoms with E-state index in [-0.39, 0.29) is 10.7 Å². The Labute approximate surface area is 142 Å². The van der Waals surface area contributed by atoms with Crippen LogP contribution in [-0.4, -0.2) is 18.4 Å². The first-order valence-corrected chi connectivity index (χ1v) is 8.05. The summed E-state index contributed by atoms with van der Waals surface area (Å²) in [7, 11) is 0. The number of carbonyl (C=O) groups excluding carboxylic acids is 2. The largest absolute Gasteiger partial charge is 0.416 e. The summed E-state index contributed by atoms with van der Waals surface area (Å²) in [5, 5.41) is 5.04. The molecule has 0 atom stereocenters. The average molecular weight is 363 g/mol. The monoisotopic (exact) mass is 362 g/mol. The smallest absolute Gasteiger partial charge is 0.355 e. The van der Waals surface area contributed by atoms with Gasteiger partial charge in [-0.2, -0.15) is 13.2 Å². The molecule has 2 amide bonds. The van der Waals surface area contributed by atoms with Gasteiger partial charge < -0.3 is 10.6 Å². The normalized spacial score (nSPS) is 15.7. The topological polar surface area (TPSA) is 58.2 Å². The summed E-state index contributed by atoms with van der Waals surface area (Å²) in [6.07, 6.45) is -2.11. The number of unbranched alkanes of at least 4 members (excludes halogenated alkanes) is 1. The number of rotatable bonds is 6. The van der Waals surface area contributed by atoms with Crippen LogP contribution in [0.25, 0.3) is 0 Å². The van der Waals surface area contributed by atoms with Crippen molar-refractivity contribution in [1.29, 1.82) is 0 Å². The zero-order chi connectivity index (χ0) is 18.0. The lowest BCUT2D eigenvalue weighted by Crippen LogP contribution is -2.40. The molecular formula is C16H18ClF3N2O2. The van der Waals surface area contributed by atoms with Crippen molar-refractivity contribution in [1.82, 2.24) is 5.32 Å². The van der Waals surface area contributed by atoms with Crippen molar-refractivity contribution in [2.75, 3.05) is 11.9 Å². The van der Waals surface area contributed by atoms with E-state index in [1.54, 1.807) is 0 Å². The van der Waals surface area contributed by atoms with Crippen LogP contribution in [0, 0.1) is 5.41 Å². The molecule has 1 aliphatic rings. The fourth-order valence-electron chi connectivity index (χ4n) is 2.27. The van der Waals surface area contributed by atoms with E-state index in [1.165, 1.54) is 0 Å². The molecule has 0 heterocycles. The van der Waals surface area contributed by atoms with Crippen LogP contribution in [0.2, 0.25) is 5.02 Å². The van der Waals surface area contributed by atoms with E-state index in [1.807, 2.05) is 6.92 Å². The molecule has 0 spiro atoms. The van der Waals surface area contributed by atoms with Crippen molar-refractivity contribution in [3.8, 4) is 0 Å². The van der Waals surface area contributed by atoms with Crippen molar-refractivity contribution in [3.05, 3.63) is 28.8 Å². The molecule has 24 heavy (non-hydrogen) atoms. The van der Waals surface area contributed by atoms with Crippen LogP contribution in [0.5, 0.6) is 0 Å². The summed E-state index contributed by atoms with van der Waals surface area (Å²) < 4.78 is 38.3. The Balaban J connectivity index is 2.11. The third-order valence-electron chi connectivity index (χ3n) is 3.98. The second-order valence-corrected chi connectivity index (χ2v) is 6.25. The standard InChI is InChI=1S/C16H18ClF3N2O2/c1-2-3-8-21-13(23)15(6-7-15)14(24)22-12-9-10(16(18,19)20)4-5-11(12)17/h4-5,9H,2-3,6-8H2,1H3,(H,21,23)(H,22,24). The number of halogens is 4. The third-order valence-corrected chi connectivity index (χ3v) is 4.31. The van der Waals surface area contributed by atoms with Gasteiger partial charge in [0.1, 0.15) is 5.41 Å². The Morgan fingerprint density at radius 1 is 1.25 bits per heavy atom. The van der Waals surface area contributed by atoms with Gasteiger partial charge in [-0.1, -0.05) is 24.9 Å². The Hall–Kier alpha value is -1.76. The molecule has 1 fully saturated rings. The summed E-state index contributed by atoms with van der Waals surface area (Å²) in [5.41, 5.74) is -2.27. The van der Waals surface area contributed by atoms with Gasteiger partial charge in [0.25, 0.3) is 0 Å². The van der Waals surface area contributed by atoms with Gasteiger partial charge in [-0.3, -0.25) is 9.59 Å². The van der Waals surface area contributed by atoms with Gasteiger partial charge in [-0.05, 0) is 37.5 Å². The molecule has 0 aromatic heterocycles. The van der Waals surface area contributed by atoms with E-state index in [2.05, 4.69) is 10.6 Å². The highest BCUT2D eigenvalue weighted by molar-refractivity contribution is 6.34. The minimum Gasteiger partial charge on any atom is -0.355 e. The number of alkyl halides is 3. The number of amides is 2. The van der Waals surface area contributed by atoms with E-state index in [9.17, 15) is 22.8 Å². The van der Waals surface area contributed by atoms with Crippen molar-refractivity contribution in [2.24, 2.45) is 5.41 Å². The lowest BCUT2D eigenvalue weighted by atomic mass is 10.0. The fraction of sp³-hybridized carbons (Fsp3) is 0.500. The fourth-order valence-corrected chi connectivity index (χ4v) is 2.43. The van der Waals surface area contributed by atoms with Gasteiger partial charge >= 0.3 is 6.18 Å². The number of carbonyl (C=O) groups is 2. The molecule has 4 nitrogen and oxygen atoms in total. The molecule has 2 rings (SSSR count). The molecule has 1 aliphatic carbocycles. The maximum absolute atomic E-state index is 12.8. The second kappa shape index (κ2) is 7.01. The number of nitrogens with one attached hydrogen (secondary N) is 2. The maximum Gasteiger partial charge on any atom is 0.416 e. The highest BCUT2D eigenvalue weighted by atomic mass is 35.5. The van der Waals surface area contributed by atoms with Crippen LogP contribution in [0.4, 0.5) is 18.9 Å². The van der Waals surface area contributed by atoms with Crippen LogP contribution in [0.1, 0.15) is 38.2 Å². The van der Waals surface area contributed by atoms with Gasteiger partial charge in [-0.25, -0.2) is 0 Å². The van der Waals surface area contributed by atoms with Crippen molar-refractivity contribution in [2.45, 2.75) is 38.8 Å². The predicted octanol–water partition coefficient (Wildman–Crippen LogP) is 3.99. The van der Waals surface area contributed by atoms with Gasteiger partial charge in [0.2, 0.25) is 11.8 Å². The Bertz CT molecular complexity index is 643. The zero-order valence-corrected chi connectivity index (χ0v) is 13.9. The Morgan fingerprint density at radius 3 is 2.46 bits per heavy atom. The first-order chi connectivity index (χ1) is 11.2. The minimum absolute atomic E-state index is 0.0152. The number of benzene rings is 1. The van der Waals surface area contributed by atoms with Crippen LogP contribution in [0.15, 0.2) is 18.2 Å². The van der Waals surface area contributed by atoms with Crippen LogP contribution in [0.3, 0.4) is 0 Å². The van der Waals surface area contributed by atoms with Gasteiger partial charge in [-0.15, -0.1) is 0 Å². The van der Waals surface area contributed by atoms with E-state index in [0.717, 1.165) is 31.0 Å². The molecule has 0 aliphatic heterocycles. The summed E-state index contributed by atoms with van der Waals surface area (Å²) in [6.45, 7) is 2.44. The lowest BCUT2D eigenvalue weighted by molar-refractivity contribution is -0.138. The molecule has 0 bridgehead atoms. The van der Waals surface area contributed by atoms with Gasteiger partial charge in [0.15, 0.2) is 0 Å². The van der Waals surface area contributed by atoms with E-state index >= 15 is 0 Å². The van der Waals surface area contributed by atoms with Crippen molar-refractivity contribution in [3.63, 3.8) is 0 Å². The molecule has 0 unspecified atom stereocenters. The number of hydrogen-bond donors (Lipinski definition) is 2. The Morgan fingerprint density at radius 2 is 1.92 bits per heavy atom. The molecule has 0 saturated heterocycles. The summed E-state index contributed by atoms with van der Waals surface area (Å²) in [5.74, 6) is -1.02.